The minimum absolute atomic E-state index is 0.585. The van der Waals surface area contributed by atoms with E-state index in [0.717, 1.165) is 16.7 Å². The molecule has 1 aromatic rings. The second kappa shape index (κ2) is 3.35. The van der Waals surface area contributed by atoms with Crippen molar-refractivity contribution in [3.8, 4) is 24.7 Å². The molecule has 1 rings (SSSR count). The molecule has 0 amide bonds. The fraction of sp³-hybridized carbons (Fsp3) is 0.0909. The molecule has 0 nitrogen and oxygen atoms in total. The molecule has 0 radical (unpaired) electrons. The molecule has 1 heteroatoms. The van der Waals surface area contributed by atoms with Crippen LogP contribution in [0.1, 0.15) is 16.7 Å². The minimum atomic E-state index is 0.585. The fourth-order valence-corrected chi connectivity index (χ4v) is 1.20. The predicted molar refractivity (Wildman–Crippen MR) is 52.1 cm³/mol. The van der Waals surface area contributed by atoms with Crippen LogP contribution >= 0.6 is 11.6 Å². The average molecular weight is 175 g/mol. The molecular formula is C11H7Cl. The quantitative estimate of drug-likeness (QED) is 0.531. The van der Waals surface area contributed by atoms with E-state index in [1.54, 1.807) is 12.1 Å². The van der Waals surface area contributed by atoms with E-state index in [0.29, 0.717) is 5.02 Å². The molecule has 0 fully saturated rings. The van der Waals surface area contributed by atoms with Crippen molar-refractivity contribution in [1.29, 1.82) is 0 Å². The lowest BCUT2D eigenvalue weighted by atomic mass is 10.0. The van der Waals surface area contributed by atoms with Gasteiger partial charge in [-0.25, -0.2) is 0 Å². The van der Waals surface area contributed by atoms with Gasteiger partial charge in [0.1, 0.15) is 0 Å². The van der Waals surface area contributed by atoms with Gasteiger partial charge in [-0.1, -0.05) is 23.4 Å². The molecule has 0 saturated carbocycles. The van der Waals surface area contributed by atoms with Crippen molar-refractivity contribution in [3.05, 3.63) is 33.8 Å². The van der Waals surface area contributed by atoms with E-state index in [2.05, 4.69) is 11.8 Å². The van der Waals surface area contributed by atoms with Crippen LogP contribution in [0.2, 0.25) is 5.02 Å². The number of rotatable bonds is 0. The molecule has 0 heterocycles. The van der Waals surface area contributed by atoms with Gasteiger partial charge in [0.25, 0.3) is 0 Å². The van der Waals surface area contributed by atoms with Gasteiger partial charge in [0.05, 0.1) is 0 Å². The van der Waals surface area contributed by atoms with Crippen LogP contribution in [0, 0.1) is 31.6 Å². The van der Waals surface area contributed by atoms with E-state index in [9.17, 15) is 0 Å². The molecule has 12 heavy (non-hydrogen) atoms. The highest BCUT2D eigenvalue weighted by molar-refractivity contribution is 6.30. The molecule has 58 valence electrons. The third kappa shape index (κ3) is 1.45. The Labute approximate surface area is 77.6 Å². The molecule has 0 bridgehead atoms. The number of halogens is 1. The van der Waals surface area contributed by atoms with Gasteiger partial charge in [0.2, 0.25) is 0 Å². The Bertz CT molecular complexity index is 353. The Hall–Kier alpha value is -1.37. The lowest BCUT2D eigenvalue weighted by molar-refractivity contribution is 1.41. The third-order valence-electron chi connectivity index (χ3n) is 1.68. The number of hydrogen-bond acceptors (Lipinski definition) is 0. The smallest absolute Gasteiger partial charge is 0.0431 e. The third-order valence-corrected chi connectivity index (χ3v) is 1.90. The summed E-state index contributed by atoms with van der Waals surface area (Å²) in [5, 5.41) is 0.585. The van der Waals surface area contributed by atoms with E-state index < -0.39 is 0 Å². The summed E-state index contributed by atoms with van der Waals surface area (Å²) < 4.78 is 0. The van der Waals surface area contributed by atoms with Crippen LogP contribution in [-0.4, -0.2) is 0 Å². The molecule has 0 N–H and O–H groups in total. The predicted octanol–water partition coefficient (Wildman–Crippen LogP) is 2.61. The van der Waals surface area contributed by atoms with Crippen molar-refractivity contribution in [2.45, 2.75) is 6.92 Å². The maximum Gasteiger partial charge on any atom is 0.0431 e. The van der Waals surface area contributed by atoms with Gasteiger partial charge in [-0.05, 0) is 24.6 Å². The highest BCUT2D eigenvalue weighted by atomic mass is 35.5. The molecule has 0 spiro atoms. The highest BCUT2D eigenvalue weighted by Crippen LogP contribution is 2.18. The van der Waals surface area contributed by atoms with Gasteiger partial charge < -0.3 is 0 Å². The molecule has 1 aromatic carbocycles. The van der Waals surface area contributed by atoms with Gasteiger partial charge in [-0.3, -0.25) is 0 Å². The molecule has 0 atom stereocenters. The highest BCUT2D eigenvalue weighted by Gasteiger charge is 2.01. The summed E-state index contributed by atoms with van der Waals surface area (Å²) in [6.07, 6.45) is 10.5. The first kappa shape index (κ1) is 8.72. The minimum Gasteiger partial charge on any atom is -0.115 e. The maximum absolute atomic E-state index is 5.79. The summed E-state index contributed by atoms with van der Waals surface area (Å²) in [7, 11) is 0. The largest absolute Gasteiger partial charge is 0.115 e. The fourth-order valence-electron chi connectivity index (χ4n) is 0.979. The summed E-state index contributed by atoms with van der Waals surface area (Å²) in [4.78, 5) is 0. The van der Waals surface area contributed by atoms with Crippen molar-refractivity contribution < 1.29 is 0 Å². The Morgan fingerprint density at radius 3 is 1.92 bits per heavy atom. The van der Waals surface area contributed by atoms with Crippen LogP contribution in [-0.2, 0) is 0 Å². The Balaban J connectivity index is 3.48. The zero-order valence-electron chi connectivity index (χ0n) is 6.69. The SMILES string of the molecule is C#Cc1cc(Cl)cc(C#C)c1C. The Morgan fingerprint density at radius 2 is 1.58 bits per heavy atom. The van der Waals surface area contributed by atoms with Crippen LogP contribution in [0.3, 0.4) is 0 Å². The topological polar surface area (TPSA) is 0 Å². The lowest BCUT2D eigenvalue weighted by Crippen LogP contribution is -1.87. The first-order chi connectivity index (χ1) is 5.69. The van der Waals surface area contributed by atoms with Crippen LogP contribution in [0.4, 0.5) is 0 Å². The van der Waals surface area contributed by atoms with E-state index in [-0.39, 0.29) is 0 Å². The zero-order valence-corrected chi connectivity index (χ0v) is 7.44. The number of benzene rings is 1. The average Bonchev–Trinajstić information content (AvgIpc) is 2.08. The van der Waals surface area contributed by atoms with E-state index in [1.807, 2.05) is 6.92 Å². The van der Waals surface area contributed by atoms with E-state index in [1.165, 1.54) is 0 Å². The summed E-state index contributed by atoms with van der Waals surface area (Å²) >= 11 is 5.79. The Kier molecular flexibility index (Phi) is 2.44. The second-order valence-electron chi connectivity index (χ2n) is 2.41. The van der Waals surface area contributed by atoms with E-state index in [4.69, 9.17) is 24.4 Å². The van der Waals surface area contributed by atoms with Gasteiger partial charge in [0, 0.05) is 16.1 Å². The van der Waals surface area contributed by atoms with Gasteiger partial charge in [-0.2, -0.15) is 0 Å². The summed E-state index contributed by atoms with van der Waals surface area (Å²) in [5.41, 5.74) is 2.45. The van der Waals surface area contributed by atoms with Gasteiger partial charge >= 0.3 is 0 Å². The standard InChI is InChI=1S/C11H7Cl/c1-4-9-6-11(12)7-10(5-2)8(9)3/h1-2,6-7H,3H3. The van der Waals surface area contributed by atoms with Crippen LogP contribution in [0.5, 0.6) is 0 Å². The maximum atomic E-state index is 5.79. The van der Waals surface area contributed by atoms with E-state index >= 15 is 0 Å². The number of terminal acetylenes is 2. The normalized spacial score (nSPS) is 8.67. The first-order valence-electron chi connectivity index (χ1n) is 3.42. The second-order valence-corrected chi connectivity index (χ2v) is 2.85. The molecule has 0 unspecified atom stereocenters. The molecular weight excluding hydrogens is 168 g/mol. The van der Waals surface area contributed by atoms with Gasteiger partial charge in [0.15, 0.2) is 0 Å². The van der Waals surface area contributed by atoms with Crippen molar-refractivity contribution >= 4 is 11.6 Å². The zero-order chi connectivity index (χ0) is 9.14. The van der Waals surface area contributed by atoms with Crippen LogP contribution < -0.4 is 0 Å². The van der Waals surface area contributed by atoms with Crippen molar-refractivity contribution in [2.24, 2.45) is 0 Å². The van der Waals surface area contributed by atoms with Crippen LogP contribution in [0.25, 0.3) is 0 Å². The molecule has 0 aliphatic rings. The molecule has 0 aliphatic carbocycles. The van der Waals surface area contributed by atoms with Crippen LogP contribution in [0.15, 0.2) is 12.1 Å². The lowest BCUT2D eigenvalue weighted by Gasteiger charge is -2.02. The monoisotopic (exact) mass is 174 g/mol. The van der Waals surface area contributed by atoms with Crippen molar-refractivity contribution in [1.82, 2.24) is 0 Å². The molecule has 0 saturated heterocycles. The van der Waals surface area contributed by atoms with Gasteiger partial charge in [-0.15, -0.1) is 12.8 Å². The summed E-state index contributed by atoms with van der Waals surface area (Å²) in [6, 6.07) is 3.47. The van der Waals surface area contributed by atoms with Crippen molar-refractivity contribution in [2.75, 3.05) is 0 Å². The Morgan fingerprint density at radius 1 is 1.17 bits per heavy atom. The molecule has 0 aromatic heterocycles. The summed E-state index contributed by atoms with van der Waals surface area (Å²) in [5.74, 6) is 5.06. The summed E-state index contributed by atoms with van der Waals surface area (Å²) in [6.45, 7) is 1.89. The first-order valence-corrected chi connectivity index (χ1v) is 3.80. The number of hydrogen-bond donors (Lipinski definition) is 0. The molecule has 0 aliphatic heterocycles. The van der Waals surface area contributed by atoms with Crippen molar-refractivity contribution in [3.63, 3.8) is 0 Å².